The molecule has 0 saturated heterocycles. The van der Waals surface area contributed by atoms with Crippen molar-refractivity contribution in [2.24, 2.45) is 0 Å². The highest BCUT2D eigenvalue weighted by Gasteiger charge is 2.11. The quantitative estimate of drug-likeness (QED) is 0.790. The molecule has 0 fully saturated rings. The minimum Gasteiger partial charge on any atom is -0.365 e. The topological polar surface area (TPSA) is 24.9 Å². The third-order valence-electron chi connectivity index (χ3n) is 2.47. The van der Waals surface area contributed by atoms with Crippen LogP contribution in [0, 0.1) is 6.92 Å². The average molecular weight is 232 g/mol. The number of rotatable bonds is 4. The lowest BCUT2D eigenvalue weighted by Crippen LogP contribution is -2.26. The van der Waals surface area contributed by atoms with Gasteiger partial charge in [0.25, 0.3) is 0 Å². The van der Waals surface area contributed by atoms with Gasteiger partial charge in [-0.1, -0.05) is 19.1 Å². The molecule has 0 aliphatic carbocycles. The summed E-state index contributed by atoms with van der Waals surface area (Å²) in [6, 6.07) is 4.26. The van der Waals surface area contributed by atoms with Crippen molar-refractivity contribution in [2.75, 3.05) is 5.32 Å². The summed E-state index contributed by atoms with van der Waals surface area (Å²) in [5.41, 5.74) is 3.64. The molecule has 0 aromatic carbocycles. The van der Waals surface area contributed by atoms with E-state index in [0.29, 0.717) is 0 Å². The number of allylic oxidation sites excluding steroid dienone is 1. The molecular formula is C15H24N2. The Morgan fingerprint density at radius 2 is 2.00 bits per heavy atom. The molecule has 1 aromatic rings. The van der Waals surface area contributed by atoms with Crippen molar-refractivity contribution in [2.45, 2.75) is 53.0 Å². The molecule has 0 amide bonds. The third-order valence-corrected chi connectivity index (χ3v) is 2.47. The van der Waals surface area contributed by atoms with Crippen LogP contribution in [0.4, 0.5) is 5.82 Å². The molecule has 0 unspecified atom stereocenters. The summed E-state index contributed by atoms with van der Waals surface area (Å²) in [6.45, 7) is 14.7. The predicted octanol–water partition coefficient (Wildman–Crippen LogP) is 4.11. The molecule has 1 rings (SSSR count). The molecule has 1 N–H and O–H groups in total. The van der Waals surface area contributed by atoms with Crippen LogP contribution in [0.1, 0.15) is 45.4 Å². The summed E-state index contributed by atoms with van der Waals surface area (Å²) in [4.78, 5) is 4.51. The molecule has 2 heteroatoms. The highest BCUT2D eigenvalue weighted by molar-refractivity contribution is 5.42. The molecule has 0 radical (unpaired) electrons. The number of aryl methyl sites for hydroxylation is 1. The van der Waals surface area contributed by atoms with Crippen molar-refractivity contribution < 1.29 is 0 Å². The molecule has 0 aliphatic heterocycles. The molecule has 17 heavy (non-hydrogen) atoms. The van der Waals surface area contributed by atoms with Gasteiger partial charge in [0.2, 0.25) is 0 Å². The number of pyridine rings is 1. The first kappa shape index (κ1) is 13.8. The zero-order valence-electron chi connectivity index (χ0n) is 11.7. The van der Waals surface area contributed by atoms with E-state index in [2.05, 4.69) is 56.7 Å². The van der Waals surface area contributed by atoms with Crippen molar-refractivity contribution in [3.05, 3.63) is 35.5 Å². The van der Waals surface area contributed by atoms with Gasteiger partial charge in [0.1, 0.15) is 5.82 Å². The second-order valence-electron chi connectivity index (χ2n) is 5.66. The van der Waals surface area contributed by atoms with Gasteiger partial charge in [-0.15, -0.1) is 0 Å². The van der Waals surface area contributed by atoms with E-state index in [1.807, 2.05) is 6.92 Å². The van der Waals surface area contributed by atoms with Crippen LogP contribution in [-0.4, -0.2) is 10.5 Å². The van der Waals surface area contributed by atoms with Gasteiger partial charge in [0, 0.05) is 11.2 Å². The van der Waals surface area contributed by atoms with Gasteiger partial charge >= 0.3 is 0 Å². The third kappa shape index (κ3) is 5.03. The first-order valence-electron chi connectivity index (χ1n) is 6.22. The Bertz CT molecular complexity index is 400. The smallest absolute Gasteiger partial charge is 0.126 e. The van der Waals surface area contributed by atoms with E-state index in [0.717, 1.165) is 24.4 Å². The van der Waals surface area contributed by atoms with Crippen molar-refractivity contribution in [1.29, 1.82) is 0 Å². The molecule has 0 atom stereocenters. The fourth-order valence-corrected chi connectivity index (χ4v) is 1.70. The lowest BCUT2D eigenvalue weighted by atomic mass is 10.0. The van der Waals surface area contributed by atoms with E-state index in [4.69, 9.17) is 0 Å². The van der Waals surface area contributed by atoms with Crippen molar-refractivity contribution in [3.8, 4) is 0 Å². The molecule has 1 aromatic heterocycles. The molecule has 0 bridgehead atoms. The zero-order valence-corrected chi connectivity index (χ0v) is 11.7. The number of nitrogens with one attached hydrogen (secondary N) is 1. The number of nitrogens with zero attached hydrogens (tertiary/aromatic N) is 1. The highest BCUT2D eigenvalue weighted by atomic mass is 15.0. The molecule has 0 spiro atoms. The first-order chi connectivity index (χ1) is 7.80. The van der Waals surface area contributed by atoms with Crippen molar-refractivity contribution >= 4 is 5.82 Å². The average Bonchev–Trinajstić information content (AvgIpc) is 2.13. The van der Waals surface area contributed by atoms with Crippen LogP contribution in [0.5, 0.6) is 0 Å². The lowest BCUT2D eigenvalue weighted by Gasteiger charge is -2.22. The van der Waals surface area contributed by atoms with Gasteiger partial charge in [-0.3, -0.25) is 0 Å². The lowest BCUT2D eigenvalue weighted by molar-refractivity contribution is 0.630. The maximum atomic E-state index is 4.51. The van der Waals surface area contributed by atoms with E-state index in [1.54, 1.807) is 0 Å². The van der Waals surface area contributed by atoms with Gasteiger partial charge in [0.15, 0.2) is 0 Å². The van der Waals surface area contributed by atoms with Crippen LogP contribution < -0.4 is 5.32 Å². The Hall–Kier alpha value is -1.31. The van der Waals surface area contributed by atoms with Crippen molar-refractivity contribution in [3.63, 3.8) is 0 Å². The van der Waals surface area contributed by atoms with Gasteiger partial charge in [0.05, 0.1) is 0 Å². The monoisotopic (exact) mass is 232 g/mol. The maximum absolute atomic E-state index is 4.51. The predicted molar refractivity (Wildman–Crippen MR) is 75.5 cm³/mol. The number of hydrogen-bond donors (Lipinski definition) is 1. The molecule has 0 saturated carbocycles. The van der Waals surface area contributed by atoms with Gasteiger partial charge in [-0.25, -0.2) is 4.98 Å². The number of aromatic nitrogens is 1. The summed E-state index contributed by atoms with van der Waals surface area (Å²) in [5, 5.41) is 3.41. The second-order valence-corrected chi connectivity index (χ2v) is 5.66. The Morgan fingerprint density at radius 3 is 2.53 bits per heavy atom. The van der Waals surface area contributed by atoms with Gasteiger partial charge < -0.3 is 5.32 Å². The van der Waals surface area contributed by atoms with Gasteiger partial charge in [-0.2, -0.15) is 0 Å². The van der Waals surface area contributed by atoms with Crippen LogP contribution >= 0.6 is 0 Å². The van der Waals surface area contributed by atoms with Crippen LogP contribution in [0.25, 0.3) is 0 Å². The minimum absolute atomic E-state index is 0.0415. The van der Waals surface area contributed by atoms with Gasteiger partial charge in [-0.05, 0) is 58.2 Å². The summed E-state index contributed by atoms with van der Waals surface area (Å²) in [6.07, 6.45) is 1.97. The summed E-state index contributed by atoms with van der Waals surface area (Å²) in [5.74, 6) is 0.955. The largest absolute Gasteiger partial charge is 0.365 e. The highest BCUT2D eigenvalue weighted by Crippen LogP contribution is 2.17. The summed E-state index contributed by atoms with van der Waals surface area (Å²) in [7, 11) is 0. The number of anilines is 1. The van der Waals surface area contributed by atoms with Crippen LogP contribution in [0.15, 0.2) is 24.3 Å². The Labute approximate surface area is 105 Å². The zero-order chi connectivity index (χ0) is 13.1. The molecule has 0 aliphatic rings. The SMILES string of the molecule is C=C(CC)Cc1cc(C)nc(NC(C)(C)C)c1. The molecule has 1 heterocycles. The molecular weight excluding hydrogens is 208 g/mol. The van der Waals surface area contributed by atoms with Crippen LogP contribution in [0.2, 0.25) is 0 Å². The summed E-state index contributed by atoms with van der Waals surface area (Å²) < 4.78 is 0. The van der Waals surface area contributed by atoms with E-state index >= 15 is 0 Å². The van der Waals surface area contributed by atoms with E-state index < -0.39 is 0 Å². The second kappa shape index (κ2) is 5.35. The van der Waals surface area contributed by atoms with E-state index in [-0.39, 0.29) is 5.54 Å². The molecule has 2 nitrogen and oxygen atoms in total. The van der Waals surface area contributed by atoms with E-state index in [1.165, 1.54) is 11.1 Å². The Kier molecular flexibility index (Phi) is 4.33. The fourth-order valence-electron chi connectivity index (χ4n) is 1.70. The minimum atomic E-state index is 0.0415. The van der Waals surface area contributed by atoms with E-state index in [9.17, 15) is 0 Å². The number of hydrogen-bond acceptors (Lipinski definition) is 2. The normalized spacial score (nSPS) is 11.4. The standard InChI is InChI=1S/C15H24N2/c1-7-11(2)8-13-9-12(3)16-14(10-13)17-15(4,5)6/h9-10H,2,7-8H2,1,3-6H3,(H,16,17). The Balaban J connectivity index is 2.90. The first-order valence-corrected chi connectivity index (χ1v) is 6.22. The fraction of sp³-hybridized carbons (Fsp3) is 0.533. The summed E-state index contributed by atoms with van der Waals surface area (Å²) >= 11 is 0. The van der Waals surface area contributed by atoms with Crippen LogP contribution in [0.3, 0.4) is 0 Å². The van der Waals surface area contributed by atoms with Crippen LogP contribution in [-0.2, 0) is 6.42 Å². The maximum Gasteiger partial charge on any atom is 0.126 e. The molecule has 94 valence electrons. The van der Waals surface area contributed by atoms with Crippen molar-refractivity contribution in [1.82, 2.24) is 4.98 Å². The Morgan fingerprint density at radius 1 is 1.35 bits per heavy atom.